The van der Waals surface area contributed by atoms with Crippen molar-refractivity contribution in [3.8, 4) is 22.3 Å². The van der Waals surface area contributed by atoms with Gasteiger partial charge in [0.1, 0.15) is 0 Å². The van der Waals surface area contributed by atoms with Crippen LogP contribution in [0.2, 0.25) is 0 Å². The molecular formula is C34H26. The first-order valence-electron chi connectivity index (χ1n) is 12.1. The maximum atomic E-state index is 2.49. The number of rotatable bonds is 1. The van der Waals surface area contributed by atoms with Gasteiger partial charge in [0.25, 0.3) is 0 Å². The predicted octanol–water partition coefficient (Wildman–Crippen LogP) is 9.43. The second-order valence-electron chi connectivity index (χ2n) is 10.2. The predicted molar refractivity (Wildman–Crippen MR) is 147 cm³/mol. The monoisotopic (exact) mass is 434 g/mol. The maximum absolute atomic E-state index is 2.49. The quantitative estimate of drug-likeness (QED) is 0.226. The average Bonchev–Trinajstić information content (AvgIpc) is 3.10. The summed E-state index contributed by atoms with van der Waals surface area (Å²) in [6.45, 7) is 7.02. The Bertz CT molecular complexity index is 1780. The lowest BCUT2D eigenvalue weighted by molar-refractivity contribution is 0.661. The molecule has 0 saturated heterocycles. The van der Waals surface area contributed by atoms with E-state index in [1.165, 1.54) is 71.3 Å². The molecule has 34 heavy (non-hydrogen) atoms. The molecule has 0 heteroatoms. The van der Waals surface area contributed by atoms with E-state index >= 15 is 0 Å². The van der Waals surface area contributed by atoms with Crippen LogP contribution in [0.5, 0.6) is 0 Å². The molecule has 0 saturated carbocycles. The summed E-state index contributed by atoms with van der Waals surface area (Å²) in [7, 11) is 0. The lowest BCUT2D eigenvalue weighted by atomic mass is 9.80. The van der Waals surface area contributed by atoms with Crippen LogP contribution in [-0.2, 0) is 5.41 Å². The van der Waals surface area contributed by atoms with Crippen LogP contribution in [0.4, 0.5) is 0 Å². The van der Waals surface area contributed by atoms with Crippen LogP contribution >= 0.6 is 0 Å². The Kier molecular flexibility index (Phi) is 3.92. The van der Waals surface area contributed by atoms with Gasteiger partial charge < -0.3 is 0 Å². The summed E-state index contributed by atoms with van der Waals surface area (Å²) >= 11 is 0. The molecule has 7 rings (SSSR count). The minimum absolute atomic E-state index is 0.0136. The van der Waals surface area contributed by atoms with Crippen LogP contribution in [0, 0.1) is 6.92 Å². The van der Waals surface area contributed by atoms with Crippen molar-refractivity contribution < 1.29 is 0 Å². The van der Waals surface area contributed by atoms with Gasteiger partial charge in [0.15, 0.2) is 0 Å². The van der Waals surface area contributed by atoms with Gasteiger partial charge in [0.2, 0.25) is 0 Å². The summed E-state index contributed by atoms with van der Waals surface area (Å²) < 4.78 is 0. The smallest absolute Gasteiger partial charge is 0.0159 e. The van der Waals surface area contributed by atoms with Crippen LogP contribution in [0.25, 0.3) is 54.6 Å². The first kappa shape index (κ1) is 19.6. The third-order valence-corrected chi connectivity index (χ3v) is 8.03. The van der Waals surface area contributed by atoms with Crippen molar-refractivity contribution in [2.75, 3.05) is 0 Å². The fourth-order valence-electron chi connectivity index (χ4n) is 6.24. The highest BCUT2D eigenvalue weighted by Crippen LogP contribution is 2.51. The van der Waals surface area contributed by atoms with E-state index in [1.54, 1.807) is 0 Å². The molecule has 1 aliphatic carbocycles. The van der Waals surface area contributed by atoms with E-state index in [0.29, 0.717) is 0 Å². The molecule has 0 atom stereocenters. The van der Waals surface area contributed by atoms with Crippen molar-refractivity contribution in [2.24, 2.45) is 0 Å². The van der Waals surface area contributed by atoms with Crippen molar-refractivity contribution in [3.05, 3.63) is 120 Å². The molecule has 6 aromatic rings. The molecule has 0 heterocycles. The summed E-state index contributed by atoms with van der Waals surface area (Å²) in [4.78, 5) is 0. The number of hydrogen-bond donors (Lipinski definition) is 0. The van der Waals surface area contributed by atoms with Gasteiger partial charge >= 0.3 is 0 Å². The highest BCUT2D eigenvalue weighted by Gasteiger charge is 2.35. The Labute approximate surface area is 200 Å². The molecule has 0 bridgehead atoms. The van der Waals surface area contributed by atoms with Gasteiger partial charge in [-0.15, -0.1) is 0 Å². The van der Waals surface area contributed by atoms with Crippen LogP contribution in [0.15, 0.2) is 103 Å². The van der Waals surface area contributed by atoms with Crippen molar-refractivity contribution in [2.45, 2.75) is 26.2 Å². The van der Waals surface area contributed by atoms with Gasteiger partial charge in [-0.1, -0.05) is 98.8 Å². The summed E-state index contributed by atoms with van der Waals surface area (Å²) in [6.07, 6.45) is 0. The van der Waals surface area contributed by atoms with Gasteiger partial charge in [0.05, 0.1) is 0 Å². The molecular weight excluding hydrogens is 408 g/mol. The molecule has 0 aromatic heterocycles. The highest BCUT2D eigenvalue weighted by atomic mass is 14.4. The second-order valence-corrected chi connectivity index (χ2v) is 10.2. The largest absolute Gasteiger partial charge is 0.0619 e. The van der Waals surface area contributed by atoms with Crippen LogP contribution in [-0.4, -0.2) is 0 Å². The van der Waals surface area contributed by atoms with E-state index in [-0.39, 0.29) is 5.41 Å². The Balaban J connectivity index is 1.65. The molecule has 0 spiro atoms. The molecule has 6 aromatic carbocycles. The fraction of sp³-hybridized carbons (Fsp3) is 0.118. The molecule has 0 radical (unpaired) electrons. The Morgan fingerprint density at radius 3 is 2.06 bits per heavy atom. The van der Waals surface area contributed by atoms with E-state index in [9.17, 15) is 0 Å². The average molecular weight is 435 g/mol. The third kappa shape index (κ3) is 2.54. The molecule has 162 valence electrons. The first-order valence-corrected chi connectivity index (χ1v) is 12.1. The van der Waals surface area contributed by atoms with Gasteiger partial charge in [0, 0.05) is 5.41 Å². The van der Waals surface area contributed by atoms with E-state index < -0.39 is 0 Å². The summed E-state index contributed by atoms with van der Waals surface area (Å²) in [6, 6.07) is 38.4. The van der Waals surface area contributed by atoms with Gasteiger partial charge in [-0.3, -0.25) is 0 Å². The second kappa shape index (κ2) is 6.81. The number of fused-ring (bicyclic) bond motifs is 6. The van der Waals surface area contributed by atoms with Crippen molar-refractivity contribution >= 4 is 32.3 Å². The molecule has 0 amide bonds. The van der Waals surface area contributed by atoms with E-state index in [4.69, 9.17) is 0 Å². The van der Waals surface area contributed by atoms with Crippen molar-refractivity contribution in [1.29, 1.82) is 0 Å². The molecule has 0 aliphatic heterocycles. The van der Waals surface area contributed by atoms with Crippen molar-refractivity contribution in [1.82, 2.24) is 0 Å². The number of benzene rings is 6. The Hall–Kier alpha value is -3.90. The molecule has 1 aliphatic rings. The van der Waals surface area contributed by atoms with E-state index in [0.717, 1.165) is 0 Å². The van der Waals surface area contributed by atoms with Gasteiger partial charge in [-0.25, -0.2) is 0 Å². The first-order chi connectivity index (χ1) is 16.5. The summed E-state index contributed by atoms with van der Waals surface area (Å²) in [5.74, 6) is 0. The topological polar surface area (TPSA) is 0 Å². The Morgan fingerprint density at radius 2 is 1.21 bits per heavy atom. The van der Waals surface area contributed by atoms with E-state index in [2.05, 4.69) is 124 Å². The lowest BCUT2D eigenvalue weighted by Gasteiger charge is -2.23. The normalized spacial score (nSPS) is 14.0. The molecule has 0 N–H and O–H groups in total. The SMILES string of the molecule is Cc1c2ccccc2c(-c2ccc3ccccc3c2)c2cc3c(cc12)-c1ccccc1C3(C)C. The lowest BCUT2D eigenvalue weighted by Crippen LogP contribution is -2.14. The molecule has 0 fully saturated rings. The minimum Gasteiger partial charge on any atom is -0.0619 e. The highest BCUT2D eigenvalue weighted by molar-refractivity contribution is 6.16. The maximum Gasteiger partial charge on any atom is 0.0159 e. The zero-order valence-electron chi connectivity index (χ0n) is 19.8. The summed E-state index contributed by atoms with van der Waals surface area (Å²) in [5.41, 5.74) is 9.60. The Morgan fingerprint density at radius 1 is 0.500 bits per heavy atom. The zero-order chi connectivity index (χ0) is 23.0. The molecule has 0 unspecified atom stereocenters. The zero-order valence-corrected chi connectivity index (χ0v) is 19.8. The number of aryl methyl sites for hydroxylation is 1. The molecule has 0 nitrogen and oxygen atoms in total. The standard InChI is InChI=1S/C34H26/c1-21-25-12-6-7-14-27(25)33(24-17-16-22-10-4-5-11-23(22)18-24)30-20-32-29(19-28(21)30)26-13-8-9-15-31(26)34(32,2)3/h4-20H,1-3H3. The summed E-state index contributed by atoms with van der Waals surface area (Å²) in [5, 5.41) is 7.94. The van der Waals surface area contributed by atoms with Crippen LogP contribution < -0.4 is 0 Å². The van der Waals surface area contributed by atoms with Crippen LogP contribution in [0.3, 0.4) is 0 Å². The van der Waals surface area contributed by atoms with Crippen molar-refractivity contribution in [3.63, 3.8) is 0 Å². The minimum atomic E-state index is -0.0136. The van der Waals surface area contributed by atoms with Crippen LogP contribution in [0.1, 0.15) is 30.5 Å². The van der Waals surface area contributed by atoms with E-state index in [1.807, 2.05) is 0 Å². The van der Waals surface area contributed by atoms with Gasteiger partial charge in [-0.2, -0.15) is 0 Å². The van der Waals surface area contributed by atoms with Gasteiger partial charge in [-0.05, 0) is 96.4 Å². The third-order valence-electron chi connectivity index (χ3n) is 8.03. The number of hydrogen-bond acceptors (Lipinski definition) is 0. The fourth-order valence-corrected chi connectivity index (χ4v) is 6.24.